The van der Waals surface area contributed by atoms with Crippen molar-refractivity contribution in [2.24, 2.45) is 7.05 Å². The molecular weight excluding hydrogens is 564 g/mol. The lowest BCUT2D eigenvalue weighted by molar-refractivity contribution is -0.137. The second-order valence-corrected chi connectivity index (χ2v) is 11.2. The summed E-state index contributed by atoms with van der Waals surface area (Å²) in [5, 5.41) is 12.4. The van der Waals surface area contributed by atoms with E-state index in [4.69, 9.17) is 9.47 Å². The number of piperidine rings is 1. The summed E-state index contributed by atoms with van der Waals surface area (Å²) in [6, 6.07) is 17.5. The number of pyridine rings is 1. The molecule has 6 rings (SSSR count). The molecule has 4 heterocycles. The summed E-state index contributed by atoms with van der Waals surface area (Å²) in [6.45, 7) is 0.828. The average Bonchev–Trinajstić information content (AvgIpc) is 3.02. The minimum Gasteiger partial charge on any atom is -0.457 e. The molecule has 0 unspecified atom stereocenters. The van der Waals surface area contributed by atoms with E-state index in [1.165, 1.54) is 27.8 Å². The molecule has 4 bridgehead atoms. The Kier molecular flexibility index (Phi) is 10.1. The number of ether oxygens (including phenoxy) is 2. The number of aliphatic hydroxyl groups excluding tert-OH is 1. The number of carbonyl (C=O) groups excluding carboxylic acids is 3. The Morgan fingerprint density at radius 2 is 1.82 bits per heavy atom. The third kappa shape index (κ3) is 7.91. The quantitative estimate of drug-likeness (QED) is 0.469. The molecule has 3 aliphatic rings. The molecule has 1 aromatic heterocycles. The first-order valence-electron chi connectivity index (χ1n) is 14.9. The van der Waals surface area contributed by atoms with Gasteiger partial charge < -0.3 is 34.3 Å². The van der Waals surface area contributed by atoms with E-state index in [2.05, 4.69) is 5.32 Å². The van der Waals surface area contributed by atoms with E-state index >= 15 is 0 Å². The highest BCUT2D eigenvalue weighted by Crippen LogP contribution is 2.25. The maximum atomic E-state index is 13.4. The average molecular weight is 603 g/mol. The standard InChI is InChI=1S/C33H38N4O7/c1-35-19-25(9-13-31(35)40)33(42)37-16-14-29-28(20-37)34-30(39)21-36(15-3-17-38)32(41)12-8-23-6-10-26(11-7-23)44-27-5-2-4-24(18-27)22-43-29/h2,4-7,9-11,13,18-19,28-29,38H,3,8,12,14-17,20-22H2,1H3,(H,34,39)/t28-,29-/m0/s1. The van der Waals surface area contributed by atoms with Gasteiger partial charge in [0.15, 0.2) is 0 Å². The van der Waals surface area contributed by atoms with Gasteiger partial charge in [0.05, 0.1) is 30.9 Å². The smallest absolute Gasteiger partial charge is 0.255 e. The summed E-state index contributed by atoms with van der Waals surface area (Å²) >= 11 is 0. The fourth-order valence-electron chi connectivity index (χ4n) is 5.51. The molecule has 1 saturated heterocycles. The Morgan fingerprint density at radius 1 is 1.00 bits per heavy atom. The Hall–Kier alpha value is -4.48. The number of nitrogens with zero attached hydrogens (tertiary/aromatic N) is 3. The Bertz CT molecular complexity index is 1540. The molecule has 3 amide bonds. The van der Waals surface area contributed by atoms with Crippen molar-refractivity contribution in [3.63, 3.8) is 0 Å². The zero-order valence-corrected chi connectivity index (χ0v) is 24.8. The van der Waals surface area contributed by atoms with E-state index in [1.807, 2.05) is 48.5 Å². The number of benzene rings is 2. The van der Waals surface area contributed by atoms with E-state index < -0.39 is 12.1 Å². The number of likely N-dealkylation sites (tertiary alicyclic amines) is 1. The summed E-state index contributed by atoms with van der Waals surface area (Å²) in [6.07, 6.45) is 2.62. The van der Waals surface area contributed by atoms with Gasteiger partial charge in [-0.05, 0) is 60.7 Å². The number of hydrogen-bond donors (Lipinski definition) is 2. The van der Waals surface area contributed by atoms with Gasteiger partial charge in [-0.3, -0.25) is 19.2 Å². The molecule has 0 aliphatic carbocycles. The first-order valence-corrected chi connectivity index (χ1v) is 14.9. The Labute approximate surface area is 256 Å². The summed E-state index contributed by atoms with van der Waals surface area (Å²) in [7, 11) is 1.59. The monoisotopic (exact) mass is 602 g/mol. The largest absolute Gasteiger partial charge is 0.457 e. The minimum atomic E-state index is -0.542. The molecule has 0 saturated carbocycles. The normalized spacial score (nSPS) is 19.7. The highest BCUT2D eigenvalue weighted by Gasteiger charge is 2.34. The van der Waals surface area contributed by atoms with Crippen molar-refractivity contribution in [2.75, 3.05) is 32.8 Å². The van der Waals surface area contributed by atoms with Crippen molar-refractivity contribution >= 4 is 17.7 Å². The number of hydrogen-bond acceptors (Lipinski definition) is 7. The lowest BCUT2D eigenvalue weighted by atomic mass is 10.0. The van der Waals surface area contributed by atoms with Crippen molar-refractivity contribution in [3.8, 4) is 11.5 Å². The van der Waals surface area contributed by atoms with E-state index in [-0.39, 0.29) is 62.5 Å². The highest BCUT2D eigenvalue weighted by atomic mass is 16.5. The second-order valence-electron chi connectivity index (χ2n) is 11.2. The van der Waals surface area contributed by atoms with Crippen LogP contribution in [0.15, 0.2) is 71.7 Å². The number of aliphatic hydroxyl groups is 1. The van der Waals surface area contributed by atoms with Crippen molar-refractivity contribution < 1.29 is 29.0 Å². The van der Waals surface area contributed by atoms with Gasteiger partial charge in [0.25, 0.3) is 5.91 Å². The molecule has 2 atom stereocenters. The number of amides is 3. The first kappa shape index (κ1) is 31.0. The van der Waals surface area contributed by atoms with Crippen LogP contribution in [0.5, 0.6) is 11.5 Å². The number of nitrogens with one attached hydrogen (secondary N) is 1. The van der Waals surface area contributed by atoms with Crippen LogP contribution in [0.3, 0.4) is 0 Å². The summed E-state index contributed by atoms with van der Waals surface area (Å²) < 4.78 is 13.8. The molecular formula is C33H38N4O7. The van der Waals surface area contributed by atoms with E-state index in [0.29, 0.717) is 42.9 Å². The molecule has 1 fully saturated rings. The lowest BCUT2D eigenvalue weighted by Crippen LogP contribution is -2.58. The fourth-order valence-corrected chi connectivity index (χ4v) is 5.51. The van der Waals surface area contributed by atoms with Crippen LogP contribution < -0.4 is 15.6 Å². The van der Waals surface area contributed by atoms with E-state index in [1.54, 1.807) is 11.9 Å². The number of aryl methyl sites for hydroxylation is 2. The summed E-state index contributed by atoms with van der Waals surface area (Å²) in [4.78, 5) is 54.9. The van der Waals surface area contributed by atoms with Crippen molar-refractivity contribution in [2.45, 2.75) is 44.4 Å². The lowest BCUT2D eigenvalue weighted by Gasteiger charge is -2.39. The third-order valence-electron chi connectivity index (χ3n) is 7.94. The van der Waals surface area contributed by atoms with Gasteiger partial charge in [-0.25, -0.2) is 0 Å². The topological polar surface area (TPSA) is 130 Å². The van der Waals surface area contributed by atoms with Crippen molar-refractivity contribution in [3.05, 3.63) is 93.9 Å². The van der Waals surface area contributed by atoms with Crippen molar-refractivity contribution in [1.29, 1.82) is 0 Å². The molecule has 11 nitrogen and oxygen atoms in total. The van der Waals surface area contributed by atoms with E-state index in [9.17, 15) is 24.3 Å². The van der Waals surface area contributed by atoms with Gasteiger partial charge in [0.2, 0.25) is 17.4 Å². The van der Waals surface area contributed by atoms with Crippen LogP contribution in [0.4, 0.5) is 0 Å². The second kappa shape index (κ2) is 14.3. The number of carbonyl (C=O) groups is 3. The predicted octanol–water partition coefficient (Wildman–Crippen LogP) is 2.25. The maximum Gasteiger partial charge on any atom is 0.255 e. The molecule has 11 heteroatoms. The number of fused-ring (bicyclic) bond motifs is 9. The molecule has 3 aliphatic heterocycles. The molecule has 2 aromatic carbocycles. The molecule has 0 radical (unpaired) electrons. The molecule has 44 heavy (non-hydrogen) atoms. The number of rotatable bonds is 4. The number of aromatic nitrogens is 1. The summed E-state index contributed by atoms with van der Waals surface area (Å²) in [5.41, 5.74) is 2.02. The van der Waals surface area contributed by atoms with Gasteiger partial charge in [-0.1, -0.05) is 24.3 Å². The van der Waals surface area contributed by atoms with Gasteiger partial charge in [-0.15, -0.1) is 0 Å². The Balaban J connectivity index is 1.39. The van der Waals surface area contributed by atoms with Crippen molar-refractivity contribution in [1.82, 2.24) is 19.7 Å². The molecule has 3 aromatic rings. The first-order chi connectivity index (χ1) is 21.3. The molecule has 2 N–H and O–H groups in total. The van der Waals surface area contributed by atoms with Crippen LogP contribution in [-0.4, -0.2) is 82.1 Å². The fraction of sp³-hybridized carbons (Fsp3) is 0.394. The van der Waals surface area contributed by atoms with Crippen LogP contribution in [0.1, 0.15) is 40.7 Å². The summed E-state index contributed by atoms with van der Waals surface area (Å²) in [5.74, 6) is 0.523. The predicted molar refractivity (Wildman–Crippen MR) is 162 cm³/mol. The van der Waals surface area contributed by atoms with Crippen LogP contribution in [-0.2, 0) is 34.4 Å². The van der Waals surface area contributed by atoms with Crippen LogP contribution >= 0.6 is 0 Å². The van der Waals surface area contributed by atoms with Gasteiger partial charge in [-0.2, -0.15) is 0 Å². The van der Waals surface area contributed by atoms with Crippen LogP contribution in [0.2, 0.25) is 0 Å². The molecule has 0 spiro atoms. The third-order valence-corrected chi connectivity index (χ3v) is 7.94. The van der Waals surface area contributed by atoms with Gasteiger partial charge in [0, 0.05) is 52.0 Å². The Morgan fingerprint density at radius 3 is 2.59 bits per heavy atom. The minimum absolute atomic E-state index is 0.103. The SMILES string of the molecule is Cn1cc(C(=O)N2CC[C@@H]3OCc4cccc(c4)Oc4ccc(cc4)CCC(=O)N(CCCO)CC(=O)N[C@H]3C2)ccc1=O. The van der Waals surface area contributed by atoms with E-state index in [0.717, 1.165) is 11.1 Å². The van der Waals surface area contributed by atoms with Crippen LogP contribution in [0, 0.1) is 0 Å². The van der Waals surface area contributed by atoms with Crippen LogP contribution in [0.25, 0.3) is 0 Å². The zero-order chi connectivity index (χ0) is 31.1. The maximum absolute atomic E-state index is 13.4. The zero-order valence-electron chi connectivity index (χ0n) is 24.8. The highest BCUT2D eigenvalue weighted by molar-refractivity contribution is 5.94. The van der Waals surface area contributed by atoms with Gasteiger partial charge >= 0.3 is 0 Å². The van der Waals surface area contributed by atoms with Gasteiger partial charge in [0.1, 0.15) is 11.5 Å². The molecule has 232 valence electrons.